The number of hydrogen-bond acceptors (Lipinski definition) is 1. The van der Waals surface area contributed by atoms with E-state index in [-0.39, 0.29) is 6.04 Å². The molecule has 1 unspecified atom stereocenters. The van der Waals surface area contributed by atoms with E-state index in [1.54, 1.807) is 0 Å². The molecule has 58 heavy (non-hydrogen) atoms. The van der Waals surface area contributed by atoms with E-state index < -0.39 is 0 Å². The predicted molar refractivity (Wildman–Crippen MR) is 245 cm³/mol. The highest BCUT2D eigenvalue weighted by molar-refractivity contribution is 6.13. The second-order valence-electron chi connectivity index (χ2n) is 15.8. The van der Waals surface area contributed by atoms with Crippen LogP contribution in [-0.2, 0) is 6.42 Å². The molecular formula is C55H39N3. The maximum absolute atomic E-state index is 6.69. The number of fused-ring (bicyclic) bond motifs is 9. The summed E-state index contributed by atoms with van der Waals surface area (Å²) in [5.41, 5.74) is 24.1. The zero-order valence-corrected chi connectivity index (χ0v) is 31.9. The van der Waals surface area contributed by atoms with Crippen molar-refractivity contribution in [1.29, 1.82) is 0 Å². The van der Waals surface area contributed by atoms with Gasteiger partial charge >= 0.3 is 0 Å². The van der Waals surface area contributed by atoms with Crippen LogP contribution in [0.15, 0.2) is 200 Å². The lowest BCUT2D eigenvalue weighted by Crippen LogP contribution is -2.23. The van der Waals surface area contributed by atoms with Crippen LogP contribution in [-0.4, -0.2) is 15.2 Å². The quantitative estimate of drug-likeness (QED) is 0.187. The lowest BCUT2D eigenvalue weighted by Gasteiger charge is -2.18. The standard InChI is InChI=1S/C55H39N3/c56-50-18-10-17-46-42-13-4-5-14-43(42)47(55(46)50)28-22-35-21-23-37-32-41(27-24-36(37)31-35)58-52-20-9-7-16-45(52)49-34-39(26-30-54(49)58)38-25-29-53-48(33-38)44-15-6-8-19-51(44)57(53)40-11-2-1-3-12-40/h1-17,19-21,23-34,50H,18,22,56H2/b47-28-. The van der Waals surface area contributed by atoms with E-state index >= 15 is 0 Å². The van der Waals surface area contributed by atoms with Crippen LogP contribution in [0.2, 0.25) is 0 Å². The van der Waals surface area contributed by atoms with Gasteiger partial charge in [-0.15, -0.1) is 0 Å². The van der Waals surface area contributed by atoms with Gasteiger partial charge in [-0.2, -0.15) is 0 Å². The molecule has 0 saturated carbocycles. The fourth-order valence-corrected chi connectivity index (χ4v) is 9.84. The average Bonchev–Trinajstić information content (AvgIpc) is 3.91. The highest BCUT2D eigenvalue weighted by atomic mass is 15.0. The first-order valence-corrected chi connectivity index (χ1v) is 20.3. The molecule has 0 radical (unpaired) electrons. The van der Waals surface area contributed by atoms with Crippen molar-refractivity contribution in [2.75, 3.05) is 0 Å². The highest BCUT2D eigenvalue weighted by Crippen LogP contribution is 2.46. The zero-order valence-electron chi connectivity index (χ0n) is 31.9. The van der Waals surface area contributed by atoms with Crippen LogP contribution in [0, 0.1) is 0 Å². The van der Waals surface area contributed by atoms with E-state index in [4.69, 9.17) is 5.73 Å². The summed E-state index contributed by atoms with van der Waals surface area (Å²) in [4.78, 5) is 0. The van der Waals surface area contributed by atoms with Gasteiger partial charge in [0.1, 0.15) is 0 Å². The van der Waals surface area contributed by atoms with Gasteiger partial charge in [0.15, 0.2) is 0 Å². The third kappa shape index (κ3) is 5.04. The Labute approximate surface area is 336 Å². The fraction of sp³-hybridized carbons (Fsp3) is 0.0545. The number of benzene rings is 8. The molecule has 3 nitrogen and oxygen atoms in total. The first-order valence-electron chi connectivity index (χ1n) is 20.3. The van der Waals surface area contributed by atoms with Crippen molar-refractivity contribution in [3.05, 3.63) is 216 Å². The van der Waals surface area contributed by atoms with Crippen LogP contribution in [0.25, 0.3) is 88.0 Å². The van der Waals surface area contributed by atoms with Crippen molar-refractivity contribution < 1.29 is 0 Å². The number of hydrogen-bond donors (Lipinski definition) is 1. The van der Waals surface area contributed by atoms with Crippen LogP contribution in [0.3, 0.4) is 0 Å². The molecule has 2 aliphatic rings. The summed E-state index contributed by atoms with van der Waals surface area (Å²) < 4.78 is 4.80. The van der Waals surface area contributed by atoms with Gasteiger partial charge < -0.3 is 14.9 Å². The Morgan fingerprint density at radius 1 is 0.500 bits per heavy atom. The largest absolute Gasteiger partial charge is 0.324 e. The Morgan fingerprint density at radius 3 is 1.81 bits per heavy atom. The number of allylic oxidation sites excluding steroid dienone is 3. The second-order valence-corrected chi connectivity index (χ2v) is 15.8. The van der Waals surface area contributed by atoms with Crippen molar-refractivity contribution >= 4 is 65.5 Å². The van der Waals surface area contributed by atoms with Gasteiger partial charge in [0.2, 0.25) is 0 Å². The number of nitrogens with zero attached hydrogens (tertiary/aromatic N) is 2. The molecule has 0 aliphatic heterocycles. The fourth-order valence-electron chi connectivity index (χ4n) is 9.84. The highest BCUT2D eigenvalue weighted by Gasteiger charge is 2.29. The molecule has 0 saturated heterocycles. The smallest absolute Gasteiger partial charge is 0.0541 e. The number of nitrogens with two attached hydrogens (primary N) is 1. The molecule has 3 heteroatoms. The maximum atomic E-state index is 6.69. The Hall–Kier alpha value is -7.20. The van der Waals surface area contributed by atoms with Crippen LogP contribution in [0.5, 0.6) is 0 Å². The van der Waals surface area contributed by atoms with Gasteiger partial charge in [0, 0.05) is 39.0 Å². The Morgan fingerprint density at radius 2 is 1.09 bits per heavy atom. The van der Waals surface area contributed by atoms with Crippen LogP contribution < -0.4 is 5.73 Å². The number of para-hydroxylation sites is 3. The lowest BCUT2D eigenvalue weighted by atomic mass is 9.90. The van der Waals surface area contributed by atoms with E-state index in [0.29, 0.717) is 0 Å². The summed E-state index contributed by atoms with van der Waals surface area (Å²) in [7, 11) is 0. The van der Waals surface area contributed by atoms with E-state index in [0.717, 1.165) is 18.5 Å². The maximum Gasteiger partial charge on any atom is 0.0541 e. The molecule has 274 valence electrons. The molecule has 0 bridgehead atoms. The van der Waals surface area contributed by atoms with E-state index in [1.807, 2.05) is 0 Å². The van der Waals surface area contributed by atoms with Crippen molar-refractivity contribution in [2.24, 2.45) is 5.73 Å². The van der Waals surface area contributed by atoms with E-state index in [9.17, 15) is 0 Å². The topological polar surface area (TPSA) is 35.9 Å². The first kappa shape index (κ1) is 33.0. The van der Waals surface area contributed by atoms with E-state index in [2.05, 4.69) is 203 Å². The minimum atomic E-state index is 0.0323. The van der Waals surface area contributed by atoms with Gasteiger partial charge in [-0.05, 0) is 129 Å². The van der Waals surface area contributed by atoms with Crippen molar-refractivity contribution in [1.82, 2.24) is 9.13 Å². The van der Waals surface area contributed by atoms with Crippen molar-refractivity contribution in [2.45, 2.75) is 18.9 Å². The number of aromatic nitrogens is 2. The summed E-state index contributed by atoms with van der Waals surface area (Å²) in [6.45, 7) is 0. The monoisotopic (exact) mass is 741 g/mol. The zero-order chi connectivity index (χ0) is 38.3. The molecule has 2 heterocycles. The summed E-state index contributed by atoms with van der Waals surface area (Å²) in [5, 5.41) is 7.51. The van der Waals surface area contributed by atoms with Crippen LogP contribution in [0.1, 0.15) is 23.1 Å². The van der Waals surface area contributed by atoms with Crippen molar-refractivity contribution in [3.63, 3.8) is 0 Å². The van der Waals surface area contributed by atoms with Gasteiger partial charge in [-0.25, -0.2) is 0 Å². The van der Waals surface area contributed by atoms with E-state index in [1.165, 1.54) is 105 Å². The first-order chi connectivity index (χ1) is 28.7. The van der Waals surface area contributed by atoms with Crippen LogP contribution >= 0.6 is 0 Å². The summed E-state index contributed by atoms with van der Waals surface area (Å²) in [5.74, 6) is 0. The van der Waals surface area contributed by atoms with Crippen molar-refractivity contribution in [3.8, 4) is 22.5 Å². The molecular weight excluding hydrogens is 703 g/mol. The molecule has 10 aromatic rings. The minimum absolute atomic E-state index is 0.0323. The third-order valence-corrected chi connectivity index (χ3v) is 12.5. The van der Waals surface area contributed by atoms with Gasteiger partial charge in [0.05, 0.1) is 22.1 Å². The predicted octanol–water partition coefficient (Wildman–Crippen LogP) is 13.4. The Kier molecular flexibility index (Phi) is 7.35. The molecule has 12 rings (SSSR count). The van der Waals surface area contributed by atoms with Gasteiger partial charge in [0.25, 0.3) is 0 Å². The summed E-state index contributed by atoms with van der Waals surface area (Å²) in [6.07, 6.45) is 8.60. The lowest BCUT2D eigenvalue weighted by molar-refractivity contribution is 0.803. The molecule has 0 fully saturated rings. The van der Waals surface area contributed by atoms with Gasteiger partial charge in [-0.3, -0.25) is 0 Å². The minimum Gasteiger partial charge on any atom is -0.324 e. The molecule has 0 spiro atoms. The molecule has 0 amide bonds. The Bertz CT molecular complexity index is 3410. The summed E-state index contributed by atoms with van der Waals surface area (Å²) in [6, 6.07) is 64.7. The van der Waals surface area contributed by atoms with Crippen LogP contribution in [0.4, 0.5) is 0 Å². The second kappa shape index (κ2) is 12.9. The molecule has 2 aromatic heterocycles. The SMILES string of the molecule is NC1CC=CC2=C1/C(=C\Cc1ccc3cc(-n4c5ccccc5c5cc(-c6ccc7c(c6)c6ccccc6n7-c6ccccc6)ccc54)ccc3c1)c1ccccc12. The normalized spacial score (nSPS) is 15.7. The number of rotatable bonds is 5. The molecule has 2 N–H and O–H groups in total. The Balaban J connectivity index is 0.913. The summed E-state index contributed by atoms with van der Waals surface area (Å²) >= 11 is 0. The van der Waals surface area contributed by atoms with Gasteiger partial charge in [-0.1, -0.05) is 133 Å². The molecule has 2 aliphatic carbocycles. The molecule has 1 atom stereocenters. The molecule has 8 aromatic carbocycles. The average molecular weight is 742 g/mol. The third-order valence-electron chi connectivity index (χ3n) is 12.5.